The van der Waals surface area contributed by atoms with Crippen LogP contribution < -0.4 is 5.73 Å². The maximum atomic E-state index is 5.75. The summed E-state index contributed by atoms with van der Waals surface area (Å²) in [5, 5.41) is 0. The van der Waals surface area contributed by atoms with Crippen LogP contribution in [0.4, 0.5) is 0 Å². The predicted octanol–water partition coefficient (Wildman–Crippen LogP) is 1.14. The Morgan fingerprint density at radius 2 is 2.33 bits per heavy atom. The molecule has 1 nitrogen and oxygen atoms in total. The molecule has 1 aliphatic rings. The van der Waals surface area contributed by atoms with Gasteiger partial charge in [0.05, 0.1) is 0 Å². The fourth-order valence-corrected chi connectivity index (χ4v) is 1.17. The summed E-state index contributed by atoms with van der Waals surface area (Å²) in [7, 11) is 0. The van der Waals surface area contributed by atoms with Crippen molar-refractivity contribution in [3.05, 3.63) is 0 Å². The molecule has 0 aromatic rings. The fraction of sp³-hybridized carbons (Fsp3) is 0.750. The van der Waals surface area contributed by atoms with Crippen LogP contribution in [0.25, 0.3) is 0 Å². The lowest BCUT2D eigenvalue weighted by molar-refractivity contribution is 0.264. The van der Waals surface area contributed by atoms with E-state index in [0.29, 0.717) is 0 Å². The Morgan fingerprint density at radius 3 is 2.67 bits per heavy atom. The summed E-state index contributed by atoms with van der Waals surface area (Å²) in [4.78, 5) is 0. The summed E-state index contributed by atoms with van der Waals surface area (Å²) in [6.07, 6.45) is 9.81. The van der Waals surface area contributed by atoms with E-state index in [-0.39, 0.29) is 6.04 Å². The zero-order valence-electron chi connectivity index (χ0n) is 5.64. The van der Waals surface area contributed by atoms with E-state index in [0.717, 1.165) is 12.3 Å². The predicted molar refractivity (Wildman–Crippen MR) is 38.8 cm³/mol. The molecular formula is C8H13N. The number of rotatable bonds is 2. The fourth-order valence-electron chi connectivity index (χ4n) is 1.17. The SMILES string of the molecule is C#CCC(N)C1CCC1. The summed E-state index contributed by atoms with van der Waals surface area (Å²) in [5.41, 5.74) is 5.75. The van der Waals surface area contributed by atoms with E-state index in [4.69, 9.17) is 12.2 Å². The first-order valence-electron chi connectivity index (χ1n) is 3.53. The molecule has 0 radical (unpaired) electrons. The van der Waals surface area contributed by atoms with Gasteiger partial charge >= 0.3 is 0 Å². The molecule has 1 fully saturated rings. The van der Waals surface area contributed by atoms with Crippen LogP contribution in [0.3, 0.4) is 0 Å². The Labute approximate surface area is 56.6 Å². The summed E-state index contributed by atoms with van der Waals surface area (Å²) < 4.78 is 0. The van der Waals surface area contributed by atoms with Crippen LogP contribution in [-0.4, -0.2) is 6.04 Å². The first-order chi connectivity index (χ1) is 4.34. The van der Waals surface area contributed by atoms with Gasteiger partial charge in [0.2, 0.25) is 0 Å². The second-order valence-electron chi connectivity index (χ2n) is 2.76. The Morgan fingerprint density at radius 1 is 1.67 bits per heavy atom. The Kier molecular flexibility index (Phi) is 2.13. The van der Waals surface area contributed by atoms with Gasteiger partial charge in [0, 0.05) is 12.5 Å². The summed E-state index contributed by atoms with van der Waals surface area (Å²) in [6, 6.07) is 0.281. The molecule has 1 saturated carbocycles. The molecule has 1 unspecified atom stereocenters. The molecule has 1 atom stereocenters. The van der Waals surface area contributed by atoms with Crippen LogP contribution in [-0.2, 0) is 0 Å². The van der Waals surface area contributed by atoms with Crippen LogP contribution in [0.5, 0.6) is 0 Å². The lowest BCUT2D eigenvalue weighted by atomic mass is 9.79. The third-order valence-electron chi connectivity index (χ3n) is 2.11. The second kappa shape index (κ2) is 2.89. The highest BCUT2D eigenvalue weighted by atomic mass is 14.7. The summed E-state index contributed by atoms with van der Waals surface area (Å²) in [6.45, 7) is 0. The van der Waals surface area contributed by atoms with Crippen molar-refractivity contribution in [3.8, 4) is 12.3 Å². The third-order valence-corrected chi connectivity index (χ3v) is 2.11. The van der Waals surface area contributed by atoms with Crippen LogP contribution >= 0.6 is 0 Å². The first-order valence-corrected chi connectivity index (χ1v) is 3.53. The highest BCUT2D eigenvalue weighted by Gasteiger charge is 2.23. The Bertz CT molecular complexity index is 119. The molecule has 0 bridgehead atoms. The van der Waals surface area contributed by atoms with E-state index in [1.165, 1.54) is 19.3 Å². The molecule has 1 aliphatic carbocycles. The van der Waals surface area contributed by atoms with Crippen molar-refractivity contribution < 1.29 is 0 Å². The van der Waals surface area contributed by atoms with E-state index in [1.54, 1.807) is 0 Å². The first kappa shape index (κ1) is 6.64. The Balaban J connectivity index is 2.17. The molecule has 1 rings (SSSR count). The van der Waals surface area contributed by atoms with Gasteiger partial charge in [-0.2, -0.15) is 0 Å². The van der Waals surface area contributed by atoms with E-state index in [1.807, 2.05) is 0 Å². The number of nitrogens with two attached hydrogens (primary N) is 1. The van der Waals surface area contributed by atoms with Gasteiger partial charge in [-0.1, -0.05) is 6.42 Å². The number of hydrogen-bond acceptors (Lipinski definition) is 1. The van der Waals surface area contributed by atoms with Crippen molar-refractivity contribution >= 4 is 0 Å². The van der Waals surface area contributed by atoms with Gasteiger partial charge in [0.15, 0.2) is 0 Å². The van der Waals surface area contributed by atoms with Gasteiger partial charge in [-0.05, 0) is 18.8 Å². The lowest BCUT2D eigenvalue weighted by Crippen LogP contribution is -2.33. The molecule has 0 aromatic carbocycles. The zero-order chi connectivity index (χ0) is 6.69. The van der Waals surface area contributed by atoms with Gasteiger partial charge < -0.3 is 5.73 Å². The molecule has 0 saturated heterocycles. The lowest BCUT2D eigenvalue weighted by Gasteiger charge is -2.29. The molecule has 9 heavy (non-hydrogen) atoms. The molecule has 0 aromatic heterocycles. The number of hydrogen-bond donors (Lipinski definition) is 1. The minimum absolute atomic E-state index is 0.281. The van der Waals surface area contributed by atoms with Crippen molar-refractivity contribution in [2.45, 2.75) is 31.7 Å². The van der Waals surface area contributed by atoms with E-state index >= 15 is 0 Å². The van der Waals surface area contributed by atoms with Crippen LogP contribution in [0.15, 0.2) is 0 Å². The molecular weight excluding hydrogens is 110 g/mol. The average molecular weight is 123 g/mol. The van der Waals surface area contributed by atoms with Crippen LogP contribution in [0.2, 0.25) is 0 Å². The van der Waals surface area contributed by atoms with Crippen molar-refractivity contribution in [2.75, 3.05) is 0 Å². The minimum atomic E-state index is 0.281. The van der Waals surface area contributed by atoms with Gasteiger partial charge in [0.1, 0.15) is 0 Å². The summed E-state index contributed by atoms with van der Waals surface area (Å²) in [5.74, 6) is 3.33. The molecule has 1 heteroatoms. The van der Waals surface area contributed by atoms with Gasteiger partial charge in [-0.15, -0.1) is 12.3 Å². The topological polar surface area (TPSA) is 26.0 Å². The van der Waals surface area contributed by atoms with Crippen LogP contribution in [0.1, 0.15) is 25.7 Å². The quantitative estimate of drug-likeness (QED) is 0.547. The third kappa shape index (κ3) is 1.46. The molecule has 0 amide bonds. The molecule has 50 valence electrons. The van der Waals surface area contributed by atoms with E-state index < -0.39 is 0 Å². The zero-order valence-corrected chi connectivity index (χ0v) is 5.64. The van der Waals surface area contributed by atoms with E-state index in [2.05, 4.69) is 5.92 Å². The summed E-state index contributed by atoms with van der Waals surface area (Å²) >= 11 is 0. The van der Waals surface area contributed by atoms with Crippen molar-refractivity contribution in [1.29, 1.82) is 0 Å². The smallest absolute Gasteiger partial charge is 0.0241 e. The highest BCUT2D eigenvalue weighted by molar-refractivity contribution is 4.92. The minimum Gasteiger partial charge on any atom is -0.327 e. The molecule has 2 N–H and O–H groups in total. The standard InChI is InChI=1S/C8H13N/c1-2-4-8(9)7-5-3-6-7/h1,7-8H,3-6,9H2. The Hall–Kier alpha value is -0.480. The number of terminal acetylenes is 1. The second-order valence-corrected chi connectivity index (χ2v) is 2.76. The van der Waals surface area contributed by atoms with Crippen LogP contribution in [0, 0.1) is 18.3 Å². The maximum Gasteiger partial charge on any atom is 0.0241 e. The largest absolute Gasteiger partial charge is 0.327 e. The molecule has 0 aliphatic heterocycles. The normalized spacial score (nSPS) is 22.2. The monoisotopic (exact) mass is 123 g/mol. The van der Waals surface area contributed by atoms with Gasteiger partial charge in [-0.25, -0.2) is 0 Å². The molecule has 0 heterocycles. The van der Waals surface area contributed by atoms with E-state index in [9.17, 15) is 0 Å². The van der Waals surface area contributed by atoms with Crippen molar-refractivity contribution in [3.63, 3.8) is 0 Å². The maximum absolute atomic E-state index is 5.75. The van der Waals surface area contributed by atoms with Gasteiger partial charge in [0.25, 0.3) is 0 Å². The average Bonchev–Trinajstić information content (AvgIpc) is 1.60. The molecule has 0 spiro atoms. The van der Waals surface area contributed by atoms with Gasteiger partial charge in [-0.3, -0.25) is 0 Å². The van der Waals surface area contributed by atoms with Crippen molar-refractivity contribution in [2.24, 2.45) is 11.7 Å². The van der Waals surface area contributed by atoms with Crippen molar-refractivity contribution in [1.82, 2.24) is 0 Å². The highest BCUT2D eigenvalue weighted by Crippen LogP contribution is 2.29.